The first kappa shape index (κ1) is 87.4. The predicted octanol–water partition coefficient (Wildman–Crippen LogP) is 22.2. The van der Waals surface area contributed by atoms with Crippen LogP contribution >= 0.6 is 0 Å². The Morgan fingerprint density at radius 3 is 0.860 bits per heavy atom. The van der Waals surface area contributed by atoms with E-state index >= 15 is 0 Å². The molecule has 0 amide bonds. The van der Waals surface area contributed by atoms with Crippen LogP contribution in [-0.2, 0) is 33.3 Å². The van der Waals surface area contributed by atoms with Crippen LogP contribution < -0.4 is 5.11 Å². The van der Waals surface area contributed by atoms with Crippen molar-refractivity contribution in [3.63, 3.8) is 0 Å². The molecule has 93 heavy (non-hydrogen) atoms. The zero-order valence-electron chi connectivity index (χ0n) is 59.8. The molecule has 9 heteroatoms. The van der Waals surface area contributed by atoms with Crippen molar-refractivity contribution in [2.45, 2.75) is 283 Å². The van der Waals surface area contributed by atoms with Gasteiger partial charge >= 0.3 is 11.9 Å². The molecule has 524 valence electrons. The molecule has 0 N–H and O–H groups in total. The number of ether oxygens (including phenoxy) is 4. The van der Waals surface area contributed by atoms with Gasteiger partial charge in [0.15, 0.2) is 12.4 Å². The summed E-state index contributed by atoms with van der Waals surface area (Å²) < 4.78 is 22.8. The van der Waals surface area contributed by atoms with Gasteiger partial charge in [-0.25, -0.2) is 0 Å². The van der Waals surface area contributed by atoms with Crippen molar-refractivity contribution >= 4 is 17.9 Å². The summed E-state index contributed by atoms with van der Waals surface area (Å²) in [5, 5.41) is 11.8. The number of esters is 2. The third kappa shape index (κ3) is 73.7. The Morgan fingerprint density at radius 1 is 0.323 bits per heavy atom. The SMILES string of the molecule is CC/C=C\C/C=C\C/C=C\C/C=C\C/C=C\C/C=C\C/C=C\C/C=C\C/C=C\CCCCCCCC(=O)OC(COC(=O)CCCCCCCCCCCCCCCCCC/C=C\C/C=C\C/C=C\C/C=C\C/C=C\C/C=C\CC)COC(OCC[N+](C)(C)C)C(=O)[O-]. The van der Waals surface area contributed by atoms with Gasteiger partial charge in [0, 0.05) is 12.8 Å². The summed E-state index contributed by atoms with van der Waals surface area (Å²) >= 11 is 0. The normalized spacial score (nSPS) is 13.8. The average Bonchev–Trinajstić information content (AvgIpc) is 3.74. The van der Waals surface area contributed by atoms with E-state index in [1.54, 1.807) is 0 Å². The first-order valence-electron chi connectivity index (χ1n) is 36.9. The largest absolute Gasteiger partial charge is 0.545 e. The van der Waals surface area contributed by atoms with Crippen LogP contribution in [0, 0.1) is 0 Å². The predicted molar refractivity (Wildman–Crippen MR) is 398 cm³/mol. The fraction of sp³-hybridized carbons (Fsp3) is 0.607. The lowest BCUT2D eigenvalue weighted by Crippen LogP contribution is -2.44. The van der Waals surface area contributed by atoms with E-state index in [1.807, 2.05) is 21.1 Å². The Labute approximate surface area is 570 Å². The minimum absolute atomic E-state index is 0.135. The number of allylic oxidation sites excluding steroid dienone is 30. The number of nitrogens with zero attached hydrogens (tertiary/aromatic N) is 1. The highest BCUT2D eigenvalue weighted by Crippen LogP contribution is 2.16. The first-order chi connectivity index (χ1) is 45.6. The van der Waals surface area contributed by atoms with Gasteiger partial charge in [-0.2, -0.15) is 0 Å². The van der Waals surface area contributed by atoms with Crippen LogP contribution in [0.3, 0.4) is 0 Å². The molecule has 0 aliphatic rings. The highest BCUT2D eigenvalue weighted by Gasteiger charge is 2.22. The van der Waals surface area contributed by atoms with E-state index in [-0.39, 0.29) is 38.6 Å². The summed E-state index contributed by atoms with van der Waals surface area (Å²) in [6, 6.07) is 0. The Hall–Kier alpha value is -5.61. The van der Waals surface area contributed by atoms with Crippen molar-refractivity contribution in [2.24, 2.45) is 0 Å². The molecule has 0 aromatic carbocycles. The van der Waals surface area contributed by atoms with Gasteiger partial charge < -0.3 is 33.3 Å². The van der Waals surface area contributed by atoms with Gasteiger partial charge in [0.1, 0.15) is 13.2 Å². The number of carbonyl (C=O) groups excluding carboxylic acids is 3. The number of quaternary nitrogens is 1. The van der Waals surface area contributed by atoms with E-state index < -0.39 is 24.3 Å². The van der Waals surface area contributed by atoms with Crippen molar-refractivity contribution in [1.29, 1.82) is 0 Å². The number of rotatable bonds is 66. The van der Waals surface area contributed by atoms with Gasteiger partial charge in [0.25, 0.3) is 0 Å². The Bertz CT molecular complexity index is 2190. The molecule has 0 radical (unpaired) electrons. The lowest BCUT2D eigenvalue weighted by molar-refractivity contribution is -0.870. The smallest absolute Gasteiger partial charge is 0.306 e. The van der Waals surface area contributed by atoms with E-state index in [1.165, 1.54) is 89.9 Å². The molecule has 0 saturated carbocycles. The quantitative estimate of drug-likeness (QED) is 0.0195. The van der Waals surface area contributed by atoms with Crippen molar-refractivity contribution in [3.05, 3.63) is 182 Å². The number of carboxylic acid groups (broad SMARTS) is 1. The van der Waals surface area contributed by atoms with Crippen LogP contribution in [0.1, 0.15) is 271 Å². The number of carbonyl (C=O) groups is 3. The van der Waals surface area contributed by atoms with E-state index in [0.717, 1.165) is 148 Å². The van der Waals surface area contributed by atoms with Gasteiger partial charge in [-0.05, 0) is 135 Å². The summed E-state index contributed by atoms with van der Waals surface area (Å²) in [5.74, 6) is -2.32. The van der Waals surface area contributed by atoms with Gasteiger partial charge in [-0.1, -0.05) is 305 Å². The fourth-order valence-electron chi connectivity index (χ4n) is 9.59. The Kier molecular flexibility index (Phi) is 67.9. The van der Waals surface area contributed by atoms with Gasteiger partial charge in [0.2, 0.25) is 0 Å². The van der Waals surface area contributed by atoms with E-state index in [9.17, 15) is 19.5 Å². The average molecular weight is 1290 g/mol. The fourth-order valence-corrected chi connectivity index (χ4v) is 9.59. The van der Waals surface area contributed by atoms with Crippen molar-refractivity contribution in [2.75, 3.05) is 47.5 Å². The molecule has 2 unspecified atom stereocenters. The molecule has 0 spiro atoms. The summed E-state index contributed by atoms with van der Waals surface area (Å²) in [7, 11) is 5.91. The van der Waals surface area contributed by atoms with Crippen LogP contribution in [0.25, 0.3) is 0 Å². The van der Waals surface area contributed by atoms with Gasteiger partial charge in [-0.15, -0.1) is 0 Å². The molecule has 0 bridgehead atoms. The summed E-state index contributed by atoms with van der Waals surface area (Å²) in [6.45, 7) is 4.49. The Balaban J connectivity index is 4.18. The second-order valence-corrected chi connectivity index (χ2v) is 25.1. The standard InChI is InChI=1S/C84H135NO8/c1-6-8-10-12-14-16-18-20-22-24-26-28-30-32-34-36-38-40-41-43-44-46-48-50-52-54-56-58-60-62-64-66-68-70-72-74-81(86)91-78-80(79-92-84(83(88)89)90-77-76-85(3,4)5)93-82(87)75-73-71-69-67-65-63-61-59-57-55-53-51-49-47-45-42-39-37-35-33-31-29-27-25-23-21-19-17-15-13-11-9-7-2/h8-11,14-17,20-23,26-29,32-35,38-40,42,47,49,53,55,59,61,80,84H,6-7,12-13,18-19,24-25,30-31,36-37,41,43-46,48,50-52,54,56-58,60,62-79H2,1-5H3/b10-8-,11-9-,16-14-,17-15-,22-20-,23-21-,28-26-,29-27-,34-32-,35-33-,40-38-,42-39-,49-47-,55-53-,61-59-. The number of hydrogen-bond donors (Lipinski definition) is 0. The lowest BCUT2D eigenvalue weighted by atomic mass is 10.0. The Morgan fingerprint density at radius 2 is 0.581 bits per heavy atom. The molecule has 0 saturated heterocycles. The van der Waals surface area contributed by atoms with Crippen molar-refractivity contribution < 1.29 is 42.9 Å². The topological polar surface area (TPSA) is 111 Å². The molecule has 0 rings (SSSR count). The summed E-state index contributed by atoms with van der Waals surface area (Å²) in [4.78, 5) is 37.6. The molecule has 0 aromatic rings. The zero-order chi connectivity index (χ0) is 67.5. The second-order valence-electron chi connectivity index (χ2n) is 25.1. The molecule has 0 aromatic heterocycles. The van der Waals surface area contributed by atoms with E-state index in [2.05, 4.69) is 196 Å². The molecular formula is C84H135NO8. The summed E-state index contributed by atoms with van der Waals surface area (Å²) in [6.07, 6.45) is 107. The minimum Gasteiger partial charge on any atom is -0.545 e. The maximum Gasteiger partial charge on any atom is 0.306 e. The number of likely N-dealkylation sites (N-methyl/N-ethyl adjacent to an activating group) is 1. The number of aliphatic carboxylic acids is 1. The zero-order valence-corrected chi connectivity index (χ0v) is 59.8. The van der Waals surface area contributed by atoms with Crippen LogP contribution in [0.2, 0.25) is 0 Å². The monoisotopic (exact) mass is 1290 g/mol. The number of unbranched alkanes of at least 4 members (excludes halogenated alkanes) is 21. The van der Waals surface area contributed by atoms with Crippen LogP contribution in [0.4, 0.5) is 0 Å². The van der Waals surface area contributed by atoms with E-state index in [0.29, 0.717) is 17.4 Å². The molecular weight excluding hydrogens is 1150 g/mol. The van der Waals surface area contributed by atoms with Crippen molar-refractivity contribution in [1.82, 2.24) is 0 Å². The highest BCUT2D eigenvalue weighted by molar-refractivity contribution is 5.70. The molecule has 2 atom stereocenters. The van der Waals surface area contributed by atoms with Gasteiger partial charge in [-0.3, -0.25) is 9.59 Å². The molecule has 0 aliphatic carbocycles. The summed E-state index contributed by atoms with van der Waals surface area (Å²) in [5.41, 5.74) is 0. The maximum atomic E-state index is 12.9. The highest BCUT2D eigenvalue weighted by atomic mass is 16.7. The van der Waals surface area contributed by atoms with Crippen LogP contribution in [-0.4, -0.2) is 82.3 Å². The lowest BCUT2D eigenvalue weighted by Gasteiger charge is -2.26. The number of carboxylic acids is 1. The molecule has 0 fully saturated rings. The third-order valence-corrected chi connectivity index (χ3v) is 15.1. The van der Waals surface area contributed by atoms with Crippen LogP contribution in [0.15, 0.2) is 182 Å². The van der Waals surface area contributed by atoms with Crippen molar-refractivity contribution in [3.8, 4) is 0 Å². The first-order valence-corrected chi connectivity index (χ1v) is 36.9. The minimum atomic E-state index is -1.64. The molecule has 9 nitrogen and oxygen atoms in total. The third-order valence-electron chi connectivity index (χ3n) is 15.1. The second kappa shape index (κ2) is 72.2. The molecule has 0 aliphatic heterocycles. The molecule has 0 heterocycles. The van der Waals surface area contributed by atoms with Crippen LogP contribution in [0.5, 0.6) is 0 Å². The van der Waals surface area contributed by atoms with Gasteiger partial charge in [0.05, 0.1) is 40.3 Å². The maximum absolute atomic E-state index is 12.9. The van der Waals surface area contributed by atoms with E-state index in [4.69, 9.17) is 18.9 Å². The number of hydrogen-bond acceptors (Lipinski definition) is 8.